The summed E-state index contributed by atoms with van der Waals surface area (Å²) in [5.41, 5.74) is 3.04. The van der Waals surface area contributed by atoms with E-state index in [1.807, 2.05) is 19.1 Å². The van der Waals surface area contributed by atoms with E-state index < -0.39 is 10.0 Å². The second-order valence-corrected chi connectivity index (χ2v) is 8.83. The van der Waals surface area contributed by atoms with E-state index in [0.717, 1.165) is 5.56 Å². The van der Waals surface area contributed by atoms with Gasteiger partial charge in [0.1, 0.15) is 5.82 Å². The number of aryl methyl sites for hydroxylation is 3. The summed E-state index contributed by atoms with van der Waals surface area (Å²) in [4.78, 5) is 14.1. The molecule has 1 heterocycles. The van der Waals surface area contributed by atoms with Crippen molar-refractivity contribution in [2.45, 2.75) is 32.1 Å². The molecule has 1 atom stereocenters. The van der Waals surface area contributed by atoms with Gasteiger partial charge in [0.15, 0.2) is 0 Å². The summed E-state index contributed by atoms with van der Waals surface area (Å²) in [5.74, 6) is -0.588. The zero-order valence-electron chi connectivity index (χ0n) is 15.6. The number of hydrogen-bond donors (Lipinski definition) is 1. The van der Waals surface area contributed by atoms with Gasteiger partial charge in [0.05, 0.1) is 4.90 Å². The van der Waals surface area contributed by atoms with E-state index in [1.165, 1.54) is 12.1 Å². The van der Waals surface area contributed by atoms with Crippen LogP contribution in [0.5, 0.6) is 0 Å². The maximum Gasteiger partial charge on any atom is 0.241 e. The molecular formula is C20H23FN2O3S. The van der Waals surface area contributed by atoms with Gasteiger partial charge in [-0.15, -0.1) is 0 Å². The van der Waals surface area contributed by atoms with Crippen LogP contribution < -0.4 is 9.62 Å². The molecule has 1 N–H and O–H groups in total. The Kier molecular flexibility index (Phi) is 5.35. The van der Waals surface area contributed by atoms with Crippen LogP contribution in [0.2, 0.25) is 0 Å². The van der Waals surface area contributed by atoms with Crippen molar-refractivity contribution in [3.8, 4) is 0 Å². The van der Waals surface area contributed by atoms with Gasteiger partial charge in [-0.1, -0.05) is 17.7 Å². The normalized spacial score (nSPS) is 17.6. The Morgan fingerprint density at radius 3 is 2.30 bits per heavy atom. The average molecular weight is 390 g/mol. The molecule has 1 amide bonds. The molecule has 144 valence electrons. The third-order valence-corrected chi connectivity index (χ3v) is 6.51. The van der Waals surface area contributed by atoms with Gasteiger partial charge in [-0.2, -0.15) is 0 Å². The van der Waals surface area contributed by atoms with E-state index in [1.54, 1.807) is 30.9 Å². The van der Waals surface area contributed by atoms with Crippen molar-refractivity contribution in [1.29, 1.82) is 0 Å². The smallest absolute Gasteiger partial charge is 0.241 e. The molecule has 0 radical (unpaired) electrons. The van der Waals surface area contributed by atoms with E-state index in [-0.39, 0.29) is 30.6 Å². The molecule has 1 unspecified atom stereocenters. The number of benzene rings is 2. The Morgan fingerprint density at radius 2 is 1.70 bits per heavy atom. The summed E-state index contributed by atoms with van der Waals surface area (Å²) in [6, 6.07) is 9.41. The van der Waals surface area contributed by atoms with Crippen molar-refractivity contribution in [1.82, 2.24) is 4.72 Å². The molecule has 2 aromatic carbocycles. The predicted octanol–water partition coefficient (Wildman–Crippen LogP) is 3.08. The number of halogens is 1. The zero-order valence-corrected chi connectivity index (χ0v) is 16.4. The summed E-state index contributed by atoms with van der Waals surface area (Å²) in [6.07, 6.45) is 0.256. The highest BCUT2D eigenvalue weighted by Gasteiger charge is 2.32. The second-order valence-electron chi connectivity index (χ2n) is 7.13. The number of anilines is 1. The minimum atomic E-state index is -3.66. The van der Waals surface area contributed by atoms with Gasteiger partial charge in [0, 0.05) is 25.2 Å². The Balaban J connectivity index is 1.70. The fourth-order valence-corrected chi connectivity index (χ4v) is 5.24. The van der Waals surface area contributed by atoms with Crippen molar-refractivity contribution in [3.05, 3.63) is 58.9 Å². The molecule has 2 aromatic rings. The first-order valence-corrected chi connectivity index (χ1v) is 10.3. The van der Waals surface area contributed by atoms with E-state index in [0.29, 0.717) is 28.3 Å². The lowest BCUT2D eigenvalue weighted by Gasteiger charge is -2.17. The Labute approximate surface area is 159 Å². The van der Waals surface area contributed by atoms with Gasteiger partial charge >= 0.3 is 0 Å². The third kappa shape index (κ3) is 4.20. The highest BCUT2D eigenvalue weighted by Crippen LogP contribution is 2.26. The number of sulfonamides is 1. The van der Waals surface area contributed by atoms with Crippen LogP contribution in [-0.4, -0.2) is 27.4 Å². The predicted molar refractivity (Wildman–Crippen MR) is 103 cm³/mol. The molecule has 0 aromatic heterocycles. The first kappa shape index (κ1) is 19.5. The zero-order chi connectivity index (χ0) is 19.8. The molecule has 0 saturated carbocycles. The van der Waals surface area contributed by atoms with Gasteiger partial charge in [-0.25, -0.2) is 17.5 Å². The van der Waals surface area contributed by atoms with Crippen molar-refractivity contribution in [2.24, 2.45) is 5.92 Å². The van der Waals surface area contributed by atoms with Crippen LogP contribution in [0.1, 0.15) is 23.1 Å². The first-order chi connectivity index (χ1) is 12.7. The van der Waals surface area contributed by atoms with Crippen molar-refractivity contribution < 1.29 is 17.6 Å². The van der Waals surface area contributed by atoms with Crippen LogP contribution in [-0.2, 0) is 14.8 Å². The summed E-state index contributed by atoms with van der Waals surface area (Å²) < 4.78 is 41.2. The number of amides is 1. The molecule has 5 nitrogen and oxygen atoms in total. The molecule has 1 aliphatic heterocycles. The summed E-state index contributed by atoms with van der Waals surface area (Å²) in [5, 5.41) is 0. The largest absolute Gasteiger partial charge is 0.312 e. The molecule has 1 saturated heterocycles. The number of carbonyl (C=O) groups excluding carboxylic acids is 1. The molecule has 3 rings (SSSR count). The van der Waals surface area contributed by atoms with Gasteiger partial charge < -0.3 is 4.90 Å². The van der Waals surface area contributed by atoms with E-state index in [9.17, 15) is 17.6 Å². The maximum absolute atomic E-state index is 13.1. The van der Waals surface area contributed by atoms with E-state index in [4.69, 9.17) is 0 Å². The molecule has 0 aliphatic carbocycles. The van der Waals surface area contributed by atoms with Crippen LogP contribution in [0.3, 0.4) is 0 Å². The van der Waals surface area contributed by atoms with Crippen LogP contribution >= 0.6 is 0 Å². The van der Waals surface area contributed by atoms with Gasteiger partial charge in [-0.05, 0) is 62.1 Å². The molecule has 1 aliphatic rings. The monoisotopic (exact) mass is 390 g/mol. The quantitative estimate of drug-likeness (QED) is 0.853. The van der Waals surface area contributed by atoms with Gasteiger partial charge in [0.25, 0.3) is 0 Å². The highest BCUT2D eigenvalue weighted by atomic mass is 32.2. The van der Waals surface area contributed by atoms with Crippen LogP contribution in [0.4, 0.5) is 10.1 Å². The maximum atomic E-state index is 13.1. The topological polar surface area (TPSA) is 66.5 Å². The standard InChI is InChI=1S/C20H23FN2O3S/c1-13-8-14(2)20(15(3)9-13)27(25,26)22-11-16-10-19(24)23(12-16)18-6-4-17(21)5-7-18/h4-9,16,22H,10-12H2,1-3H3. The van der Waals surface area contributed by atoms with Crippen LogP contribution in [0.25, 0.3) is 0 Å². The van der Waals surface area contributed by atoms with Gasteiger partial charge in [0.2, 0.25) is 15.9 Å². The summed E-state index contributed by atoms with van der Waals surface area (Å²) >= 11 is 0. The van der Waals surface area contributed by atoms with Crippen molar-refractivity contribution in [3.63, 3.8) is 0 Å². The first-order valence-electron chi connectivity index (χ1n) is 8.81. The number of rotatable bonds is 5. The lowest BCUT2D eigenvalue weighted by molar-refractivity contribution is -0.117. The van der Waals surface area contributed by atoms with Crippen molar-refractivity contribution in [2.75, 3.05) is 18.0 Å². The Bertz CT molecular complexity index is 948. The number of nitrogens with zero attached hydrogens (tertiary/aromatic N) is 1. The fraction of sp³-hybridized carbons (Fsp3) is 0.350. The summed E-state index contributed by atoms with van der Waals surface area (Å²) in [7, 11) is -3.66. The molecule has 27 heavy (non-hydrogen) atoms. The van der Waals surface area contributed by atoms with Gasteiger partial charge in [-0.3, -0.25) is 4.79 Å². The Hall–Kier alpha value is -2.25. The average Bonchev–Trinajstić information content (AvgIpc) is 2.93. The van der Waals surface area contributed by atoms with Crippen molar-refractivity contribution >= 4 is 21.6 Å². The molecule has 1 fully saturated rings. The fourth-order valence-electron chi connectivity index (χ4n) is 3.68. The van der Waals surface area contributed by atoms with Crippen LogP contribution in [0, 0.1) is 32.5 Å². The van der Waals surface area contributed by atoms with Crippen LogP contribution in [0.15, 0.2) is 41.3 Å². The minimum absolute atomic E-state index is 0.0893. The third-order valence-electron chi connectivity index (χ3n) is 4.78. The number of carbonyl (C=O) groups is 1. The van der Waals surface area contributed by atoms with E-state index in [2.05, 4.69) is 4.72 Å². The minimum Gasteiger partial charge on any atom is -0.312 e. The molecule has 0 bridgehead atoms. The second kappa shape index (κ2) is 7.40. The molecule has 7 heteroatoms. The lowest BCUT2D eigenvalue weighted by atomic mass is 10.1. The number of nitrogens with one attached hydrogen (secondary N) is 1. The van der Waals surface area contributed by atoms with E-state index >= 15 is 0 Å². The Morgan fingerprint density at radius 1 is 1.11 bits per heavy atom. The highest BCUT2D eigenvalue weighted by molar-refractivity contribution is 7.89. The molecular weight excluding hydrogens is 367 g/mol. The lowest BCUT2D eigenvalue weighted by Crippen LogP contribution is -2.32. The molecule has 0 spiro atoms. The number of hydrogen-bond acceptors (Lipinski definition) is 3. The summed E-state index contributed by atoms with van der Waals surface area (Å²) in [6.45, 7) is 6.07. The SMILES string of the molecule is Cc1cc(C)c(S(=O)(=O)NCC2CC(=O)N(c3ccc(F)cc3)C2)c(C)c1.